The number of rotatable bonds is 8. The summed E-state index contributed by atoms with van der Waals surface area (Å²) >= 11 is 0. The van der Waals surface area contributed by atoms with E-state index in [1.165, 1.54) is 0 Å². The molecule has 0 unspecified atom stereocenters. The third-order valence-electron chi connectivity index (χ3n) is 6.68. The van der Waals surface area contributed by atoms with Gasteiger partial charge in [-0.25, -0.2) is 9.97 Å². The molecular formula is C29H36N6O. The Hall–Kier alpha value is -3.71. The number of aromatic nitrogens is 2. The molecule has 0 saturated carbocycles. The molecule has 1 aromatic heterocycles. The molecule has 1 amide bonds. The van der Waals surface area contributed by atoms with Crippen molar-refractivity contribution < 1.29 is 4.79 Å². The molecule has 0 spiro atoms. The maximum atomic E-state index is 11.8. The fraction of sp³-hybridized carbons (Fsp3) is 0.345. The number of anilines is 1. The van der Waals surface area contributed by atoms with Crippen LogP contribution in [0.1, 0.15) is 37.2 Å². The zero-order valence-corrected chi connectivity index (χ0v) is 21.5. The molecule has 1 aliphatic rings. The summed E-state index contributed by atoms with van der Waals surface area (Å²) < 4.78 is 0. The highest BCUT2D eigenvalue weighted by Crippen LogP contribution is 2.29. The number of likely N-dealkylation sites (N-methyl/N-ethyl adjacent to an activating group) is 1. The molecule has 7 heteroatoms. The van der Waals surface area contributed by atoms with Crippen molar-refractivity contribution in [2.45, 2.75) is 26.7 Å². The van der Waals surface area contributed by atoms with Gasteiger partial charge >= 0.3 is 0 Å². The van der Waals surface area contributed by atoms with Crippen LogP contribution in [-0.2, 0) is 11.2 Å². The molecule has 1 aliphatic heterocycles. The van der Waals surface area contributed by atoms with Crippen molar-refractivity contribution in [3.8, 4) is 11.3 Å². The summed E-state index contributed by atoms with van der Waals surface area (Å²) in [7, 11) is 1.66. The van der Waals surface area contributed by atoms with E-state index in [4.69, 9.17) is 15.7 Å². The summed E-state index contributed by atoms with van der Waals surface area (Å²) in [5.41, 5.74) is 11.9. The van der Waals surface area contributed by atoms with Gasteiger partial charge in [0.1, 0.15) is 5.82 Å². The van der Waals surface area contributed by atoms with E-state index in [0.717, 1.165) is 66.5 Å². The van der Waals surface area contributed by atoms with Crippen molar-refractivity contribution in [1.82, 2.24) is 20.2 Å². The first-order valence-electron chi connectivity index (χ1n) is 12.7. The number of allylic oxidation sites excluding steroid dienone is 1. The molecule has 4 rings (SSSR count). The number of piperazine rings is 1. The number of carbonyl (C=O) groups excluding carboxylic acids is 1. The minimum absolute atomic E-state index is 0.0258. The first kappa shape index (κ1) is 25.4. The van der Waals surface area contributed by atoms with E-state index in [0.29, 0.717) is 24.4 Å². The number of nitrogens with two attached hydrogens (primary N) is 1. The molecule has 2 heterocycles. The molecule has 3 N–H and O–H groups in total. The average molecular weight is 485 g/mol. The molecule has 188 valence electrons. The van der Waals surface area contributed by atoms with Crippen molar-refractivity contribution in [1.29, 1.82) is 0 Å². The van der Waals surface area contributed by atoms with Gasteiger partial charge in [0.05, 0.1) is 5.69 Å². The number of hydrogen-bond donors (Lipinski definition) is 2. The smallest absolute Gasteiger partial charge is 0.220 e. The highest BCUT2D eigenvalue weighted by atomic mass is 16.1. The fourth-order valence-corrected chi connectivity index (χ4v) is 4.56. The highest BCUT2D eigenvalue weighted by Gasteiger charge is 2.21. The molecular weight excluding hydrogens is 448 g/mol. The lowest BCUT2D eigenvalue weighted by molar-refractivity contribution is -0.120. The van der Waals surface area contributed by atoms with Gasteiger partial charge in [-0.2, -0.15) is 0 Å². The normalized spacial score (nSPS) is 14.9. The van der Waals surface area contributed by atoms with Crippen molar-refractivity contribution in [2.24, 2.45) is 5.73 Å². The van der Waals surface area contributed by atoms with Crippen LogP contribution in [-0.4, -0.2) is 60.5 Å². The number of amides is 1. The molecule has 2 aromatic carbocycles. The molecule has 0 bridgehead atoms. The van der Waals surface area contributed by atoms with Crippen LogP contribution in [0.4, 0.5) is 5.82 Å². The summed E-state index contributed by atoms with van der Waals surface area (Å²) in [6.45, 7) is 9.04. The predicted molar refractivity (Wildman–Crippen MR) is 147 cm³/mol. The maximum Gasteiger partial charge on any atom is 0.220 e. The van der Waals surface area contributed by atoms with E-state index in [1.807, 2.05) is 43.3 Å². The zero-order valence-electron chi connectivity index (χ0n) is 21.5. The molecule has 0 atom stereocenters. The number of benzene rings is 2. The molecule has 0 aliphatic carbocycles. The van der Waals surface area contributed by atoms with Gasteiger partial charge in [-0.3, -0.25) is 4.79 Å². The number of nitrogens with zero attached hydrogens (tertiary/aromatic N) is 4. The Labute approximate surface area is 214 Å². The maximum absolute atomic E-state index is 11.8. The Balaban J connectivity index is 1.75. The van der Waals surface area contributed by atoms with Crippen LogP contribution in [0.2, 0.25) is 0 Å². The largest absolute Gasteiger partial charge is 0.402 e. The second kappa shape index (κ2) is 11.8. The summed E-state index contributed by atoms with van der Waals surface area (Å²) in [5, 5.41) is 2.69. The Morgan fingerprint density at radius 1 is 1.00 bits per heavy atom. The van der Waals surface area contributed by atoms with Gasteiger partial charge in [0, 0.05) is 62.5 Å². The third-order valence-corrected chi connectivity index (χ3v) is 6.68. The van der Waals surface area contributed by atoms with Crippen LogP contribution in [0.25, 0.3) is 16.8 Å². The summed E-state index contributed by atoms with van der Waals surface area (Å²) in [6, 6.07) is 20.5. The topological polar surface area (TPSA) is 87.4 Å². The first-order chi connectivity index (χ1) is 17.5. The average Bonchev–Trinajstić information content (AvgIpc) is 2.92. The Morgan fingerprint density at radius 2 is 1.75 bits per heavy atom. The van der Waals surface area contributed by atoms with Gasteiger partial charge in [-0.1, -0.05) is 61.5 Å². The number of carbonyl (C=O) groups is 1. The highest BCUT2D eigenvalue weighted by molar-refractivity contribution is 5.80. The van der Waals surface area contributed by atoms with Crippen molar-refractivity contribution in [2.75, 3.05) is 44.7 Å². The molecule has 36 heavy (non-hydrogen) atoms. The molecule has 7 nitrogen and oxygen atoms in total. The first-order valence-corrected chi connectivity index (χ1v) is 12.7. The second-order valence-electron chi connectivity index (χ2n) is 9.15. The van der Waals surface area contributed by atoms with Gasteiger partial charge in [0.2, 0.25) is 5.91 Å². The van der Waals surface area contributed by atoms with E-state index in [9.17, 15) is 4.79 Å². The van der Waals surface area contributed by atoms with Crippen LogP contribution in [0.3, 0.4) is 0 Å². The minimum Gasteiger partial charge on any atom is -0.402 e. The van der Waals surface area contributed by atoms with Crippen molar-refractivity contribution >= 4 is 17.3 Å². The molecule has 3 aromatic rings. The molecule has 1 saturated heterocycles. The third kappa shape index (κ3) is 6.10. The van der Waals surface area contributed by atoms with Gasteiger partial charge in [0.15, 0.2) is 5.82 Å². The van der Waals surface area contributed by atoms with Crippen LogP contribution >= 0.6 is 0 Å². The summed E-state index contributed by atoms with van der Waals surface area (Å²) in [5.74, 6) is 1.56. The molecule has 1 fully saturated rings. The lowest BCUT2D eigenvalue weighted by Crippen LogP contribution is -2.46. The van der Waals surface area contributed by atoms with Crippen LogP contribution in [0.5, 0.6) is 0 Å². The van der Waals surface area contributed by atoms with Crippen LogP contribution in [0, 0.1) is 0 Å². The van der Waals surface area contributed by atoms with E-state index in [-0.39, 0.29) is 5.91 Å². The Morgan fingerprint density at radius 3 is 2.42 bits per heavy atom. The monoisotopic (exact) mass is 484 g/mol. The molecule has 0 radical (unpaired) electrons. The van der Waals surface area contributed by atoms with Crippen LogP contribution in [0.15, 0.2) is 66.4 Å². The van der Waals surface area contributed by atoms with E-state index in [2.05, 4.69) is 46.3 Å². The fourth-order valence-electron chi connectivity index (χ4n) is 4.56. The van der Waals surface area contributed by atoms with Crippen molar-refractivity contribution in [3.05, 3.63) is 83.3 Å². The second-order valence-corrected chi connectivity index (χ2v) is 9.15. The number of hydrogen-bond acceptors (Lipinski definition) is 6. The van der Waals surface area contributed by atoms with E-state index >= 15 is 0 Å². The number of nitrogens with one attached hydrogen (secondary N) is 1. The quantitative estimate of drug-likeness (QED) is 0.507. The van der Waals surface area contributed by atoms with Gasteiger partial charge in [-0.05, 0) is 31.0 Å². The predicted octanol–water partition coefficient (Wildman–Crippen LogP) is 3.70. The van der Waals surface area contributed by atoms with Gasteiger partial charge < -0.3 is 20.9 Å². The lowest BCUT2D eigenvalue weighted by atomic mass is 9.98. The summed E-state index contributed by atoms with van der Waals surface area (Å²) in [6.07, 6.45) is 1.09. The summed E-state index contributed by atoms with van der Waals surface area (Å²) in [4.78, 5) is 26.6. The van der Waals surface area contributed by atoms with E-state index in [1.54, 1.807) is 7.05 Å². The van der Waals surface area contributed by atoms with Crippen molar-refractivity contribution in [3.63, 3.8) is 0 Å². The standard InChI is InChI=1S/C29H36N6O/c1-4-34-15-17-35(18-16-34)26-20-25(23-10-6-5-7-11-23)32-29(33-26)28(21(2)30)24-12-8-9-22(19-24)13-14-27(36)31-3/h5-12,19-20H,4,13-18,30H2,1-3H3,(H,31,36)/b28-21-. The van der Waals surface area contributed by atoms with Gasteiger partial charge in [0.25, 0.3) is 0 Å². The zero-order chi connectivity index (χ0) is 25.5. The lowest BCUT2D eigenvalue weighted by Gasteiger charge is -2.35. The minimum atomic E-state index is 0.0258. The van der Waals surface area contributed by atoms with Crippen LogP contribution < -0.4 is 16.0 Å². The van der Waals surface area contributed by atoms with E-state index < -0.39 is 0 Å². The Kier molecular flexibility index (Phi) is 8.33. The van der Waals surface area contributed by atoms with Gasteiger partial charge in [-0.15, -0.1) is 0 Å². The number of aryl methyl sites for hydroxylation is 1. The SMILES string of the molecule is CCN1CCN(c2cc(-c3ccccc3)nc(/C(=C(/C)N)c3cccc(CCC(=O)NC)c3)n2)CC1. The Bertz CT molecular complexity index is 1210.